The standard InChI is InChI=1S/C14H21FN2/c1-3-7-16-11(2)10-17-8-6-12-4-5-13(15)9-14(12)17/h4-5,9,11,16H,3,6-8,10H2,1-2H3. The summed E-state index contributed by atoms with van der Waals surface area (Å²) < 4.78 is 13.2. The van der Waals surface area contributed by atoms with Gasteiger partial charge in [0.2, 0.25) is 0 Å². The first kappa shape index (κ1) is 12.4. The van der Waals surface area contributed by atoms with Gasteiger partial charge in [0.25, 0.3) is 0 Å². The molecule has 1 atom stereocenters. The highest BCUT2D eigenvalue weighted by Crippen LogP contribution is 2.28. The van der Waals surface area contributed by atoms with Gasteiger partial charge in [-0.2, -0.15) is 0 Å². The molecule has 1 aromatic rings. The molecule has 3 heteroatoms. The van der Waals surface area contributed by atoms with E-state index in [-0.39, 0.29) is 5.82 Å². The minimum absolute atomic E-state index is 0.134. The monoisotopic (exact) mass is 236 g/mol. The van der Waals surface area contributed by atoms with Crippen molar-refractivity contribution in [3.05, 3.63) is 29.6 Å². The Morgan fingerprint density at radius 1 is 1.47 bits per heavy atom. The number of benzene rings is 1. The van der Waals surface area contributed by atoms with E-state index >= 15 is 0 Å². The Hall–Kier alpha value is -1.09. The lowest BCUT2D eigenvalue weighted by Gasteiger charge is -2.24. The Balaban J connectivity index is 1.99. The summed E-state index contributed by atoms with van der Waals surface area (Å²) in [7, 11) is 0. The summed E-state index contributed by atoms with van der Waals surface area (Å²) >= 11 is 0. The summed E-state index contributed by atoms with van der Waals surface area (Å²) in [6.07, 6.45) is 2.19. The Morgan fingerprint density at radius 2 is 2.29 bits per heavy atom. The maximum atomic E-state index is 13.2. The zero-order chi connectivity index (χ0) is 12.3. The molecule has 1 aliphatic rings. The third-order valence-corrected chi connectivity index (χ3v) is 3.28. The quantitative estimate of drug-likeness (QED) is 0.845. The first-order chi connectivity index (χ1) is 8.20. The summed E-state index contributed by atoms with van der Waals surface area (Å²) in [5.74, 6) is -0.134. The molecule has 2 nitrogen and oxygen atoms in total. The number of hydrogen-bond donors (Lipinski definition) is 1. The van der Waals surface area contributed by atoms with E-state index in [2.05, 4.69) is 24.1 Å². The first-order valence-corrected chi connectivity index (χ1v) is 6.47. The van der Waals surface area contributed by atoms with Crippen LogP contribution in [-0.2, 0) is 6.42 Å². The van der Waals surface area contributed by atoms with Crippen LogP contribution in [0.3, 0.4) is 0 Å². The van der Waals surface area contributed by atoms with Gasteiger partial charge in [-0.15, -0.1) is 0 Å². The Morgan fingerprint density at radius 3 is 3.06 bits per heavy atom. The number of fused-ring (bicyclic) bond motifs is 1. The Bertz CT molecular complexity index is 378. The van der Waals surface area contributed by atoms with E-state index in [4.69, 9.17) is 0 Å². The van der Waals surface area contributed by atoms with Gasteiger partial charge in [0.05, 0.1) is 0 Å². The molecule has 1 aromatic carbocycles. The maximum Gasteiger partial charge on any atom is 0.125 e. The fourth-order valence-electron chi connectivity index (χ4n) is 2.39. The van der Waals surface area contributed by atoms with E-state index in [1.54, 1.807) is 12.1 Å². The zero-order valence-electron chi connectivity index (χ0n) is 10.7. The predicted octanol–water partition coefficient (Wildman–Crippen LogP) is 2.58. The molecule has 0 spiro atoms. The summed E-state index contributed by atoms with van der Waals surface area (Å²) in [5.41, 5.74) is 2.35. The fourth-order valence-corrected chi connectivity index (χ4v) is 2.39. The predicted molar refractivity (Wildman–Crippen MR) is 70.1 cm³/mol. The van der Waals surface area contributed by atoms with Crippen LogP contribution >= 0.6 is 0 Å². The van der Waals surface area contributed by atoms with E-state index in [1.807, 2.05) is 6.07 Å². The Labute approximate surface area is 103 Å². The van der Waals surface area contributed by atoms with Crippen LogP contribution in [0.1, 0.15) is 25.8 Å². The molecule has 1 N–H and O–H groups in total. The second-order valence-electron chi connectivity index (χ2n) is 4.82. The number of nitrogens with zero attached hydrogens (tertiary/aromatic N) is 1. The van der Waals surface area contributed by atoms with E-state index < -0.39 is 0 Å². The second kappa shape index (κ2) is 5.50. The molecule has 2 rings (SSSR count). The third kappa shape index (κ3) is 2.97. The lowest BCUT2D eigenvalue weighted by molar-refractivity contribution is 0.537. The van der Waals surface area contributed by atoms with E-state index in [1.165, 1.54) is 5.56 Å². The van der Waals surface area contributed by atoms with E-state index in [0.29, 0.717) is 6.04 Å². The molecule has 0 bridgehead atoms. The number of anilines is 1. The van der Waals surface area contributed by atoms with Crippen molar-refractivity contribution in [3.8, 4) is 0 Å². The van der Waals surface area contributed by atoms with Gasteiger partial charge in [-0.1, -0.05) is 13.0 Å². The van der Waals surface area contributed by atoms with Gasteiger partial charge < -0.3 is 10.2 Å². The molecule has 0 fully saturated rings. The lowest BCUT2D eigenvalue weighted by atomic mass is 10.1. The summed E-state index contributed by atoms with van der Waals surface area (Å²) in [6, 6.07) is 5.58. The van der Waals surface area contributed by atoms with Crippen LogP contribution < -0.4 is 10.2 Å². The van der Waals surface area contributed by atoms with Crippen molar-refractivity contribution < 1.29 is 4.39 Å². The number of rotatable bonds is 5. The van der Waals surface area contributed by atoms with Gasteiger partial charge in [0.15, 0.2) is 0 Å². The Kier molecular flexibility index (Phi) is 4.00. The largest absolute Gasteiger partial charge is 0.369 e. The molecular weight excluding hydrogens is 215 g/mol. The average Bonchev–Trinajstić information content (AvgIpc) is 2.69. The van der Waals surface area contributed by atoms with Gasteiger partial charge in [-0.25, -0.2) is 4.39 Å². The number of hydrogen-bond acceptors (Lipinski definition) is 2. The maximum absolute atomic E-state index is 13.2. The summed E-state index contributed by atoms with van der Waals surface area (Å²) in [4.78, 5) is 2.28. The van der Waals surface area contributed by atoms with Crippen LogP contribution in [0.15, 0.2) is 18.2 Å². The molecular formula is C14H21FN2. The highest BCUT2D eigenvalue weighted by Gasteiger charge is 2.20. The van der Waals surface area contributed by atoms with Gasteiger partial charge in [0, 0.05) is 24.8 Å². The summed E-state index contributed by atoms with van der Waals surface area (Å²) in [6.45, 7) is 7.37. The summed E-state index contributed by atoms with van der Waals surface area (Å²) in [5, 5.41) is 3.47. The number of halogens is 1. The molecule has 0 aliphatic carbocycles. The lowest BCUT2D eigenvalue weighted by Crippen LogP contribution is -2.38. The SMILES string of the molecule is CCCNC(C)CN1CCc2ccc(F)cc21. The van der Waals surface area contributed by atoms with E-state index in [9.17, 15) is 4.39 Å². The van der Waals surface area contributed by atoms with Crippen molar-refractivity contribution in [3.63, 3.8) is 0 Å². The molecule has 1 heterocycles. The molecule has 17 heavy (non-hydrogen) atoms. The highest BCUT2D eigenvalue weighted by molar-refractivity contribution is 5.58. The van der Waals surface area contributed by atoms with Crippen molar-refractivity contribution in [2.75, 3.05) is 24.5 Å². The third-order valence-electron chi connectivity index (χ3n) is 3.28. The van der Waals surface area contributed by atoms with Gasteiger partial charge in [0.1, 0.15) is 5.82 Å². The van der Waals surface area contributed by atoms with Crippen molar-refractivity contribution in [2.24, 2.45) is 0 Å². The van der Waals surface area contributed by atoms with Crippen molar-refractivity contribution in [1.82, 2.24) is 5.32 Å². The van der Waals surface area contributed by atoms with Crippen LogP contribution in [-0.4, -0.2) is 25.7 Å². The average molecular weight is 236 g/mol. The first-order valence-electron chi connectivity index (χ1n) is 6.47. The molecule has 94 valence electrons. The molecule has 0 saturated carbocycles. The number of nitrogens with one attached hydrogen (secondary N) is 1. The molecule has 0 saturated heterocycles. The molecule has 0 aromatic heterocycles. The molecule has 0 radical (unpaired) electrons. The minimum Gasteiger partial charge on any atom is -0.369 e. The van der Waals surface area contributed by atoms with Crippen molar-refractivity contribution in [2.45, 2.75) is 32.7 Å². The molecule has 0 amide bonds. The molecule has 1 unspecified atom stereocenters. The fraction of sp³-hybridized carbons (Fsp3) is 0.571. The van der Waals surface area contributed by atoms with Crippen LogP contribution in [0.25, 0.3) is 0 Å². The zero-order valence-corrected chi connectivity index (χ0v) is 10.7. The van der Waals surface area contributed by atoms with Gasteiger partial charge in [-0.05, 0) is 44.0 Å². The minimum atomic E-state index is -0.134. The van der Waals surface area contributed by atoms with Crippen molar-refractivity contribution in [1.29, 1.82) is 0 Å². The van der Waals surface area contributed by atoms with E-state index in [0.717, 1.165) is 38.2 Å². The second-order valence-corrected chi connectivity index (χ2v) is 4.82. The van der Waals surface area contributed by atoms with Crippen LogP contribution in [0.4, 0.5) is 10.1 Å². The van der Waals surface area contributed by atoms with Crippen molar-refractivity contribution >= 4 is 5.69 Å². The van der Waals surface area contributed by atoms with Gasteiger partial charge >= 0.3 is 0 Å². The van der Waals surface area contributed by atoms with Crippen LogP contribution in [0.5, 0.6) is 0 Å². The van der Waals surface area contributed by atoms with Gasteiger partial charge in [-0.3, -0.25) is 0 Å². The van der Waals surface area contributed by atoms with Crippen LogP contribution in [0, 0.1) is 5.82 Å². The molecule has 1 aliphatic heterocycles. The highest BCUT2D eigenvalue weighted by atomic mass is 19.1. The topological polar surface area (TPSA) is 15.3 Å². The smallest absolute Gasteiger partial charge is 0.125 e. The van der Waals surface area contributed by atoms with Crippen LogP contribution in [0.2, 0.25) is 0 Å². The normalized spacial score (nSPS) is 16.1.